The Labute approximate surface area is 100 Å². The quantitative estimate of drug-likeness (QED) is 0.847. The molecular weight excluding hydrogens is 223 g/mol. The fraction of sp³-hybridized carbons (Fsp3) is 0.417. The zero-order valence-electron chi connectivity index (χ0n) is 10.3. The van der Waals surface area contributed by atoms with Crippen LogP contribution in [-0.4, -0.2) is 50.2 Å². The van der Waals surface area contributed by atoms with Gasteiger partial charge in [0.25, 0.3) is 0 Å². The second-order valence-corrected chi connectivity index (χ2v) is 4.20. The van der Waals surface area contributed by atoms with Crippen molar-refractivity contribution in [3.05, 3.63) is 29.6 Å². The minimum Gasteiger partial charge on any atom is -0.478 e. The zero-order chi connectivity index (χ0) is 13.0. The topological polar surface area (TPSA) is 43.8 Å². The Kier molecular flexibility index (Phi) is 4.45. The van der Waals surface area contributed by atoms with Gasteiger partial charge in [0.15, 0.2) is 0 Å². The summed E-state index contributed by atoms with van der Waals surface area (Å²) in [6.45, 7) is 1.48. The van der Waals surface area contributed by atoms with Crippen LogP contribution in [-0.2, 0) is 0 Å². The van der Waals surface area contributed by atoms with E-state index in [1.807, 2.05) is 19.0 Å². The fourth-order valence-corrected chi connectivity index (χ4v) is 1.42. The van der Waals surface area contributed by atoms with Crippen molar-refractivity contribution in [3.8, 4) is 0 Å². The molecule has 0 radical (unpaired) electrons. The van der Waals surface area contributed by atoms with Crippen molar-refractivity contribution in [1.29, 1.82) is 0 Å². The van der Waals surface area contributed by atoms with E-state index in [1.54, 1.807) is 11.9 Å². The molecule has 1 aromatic rings. The summed E-state index contributed by atoms with van der Waals surface area (Å²) in [5.41, 5.74) is 0.379. The number of carboxylic acids is 1. The van der Waals surface area contributed by atoms with Crippen molar-refractivity contribution >= 4 is 11.7 Å². The Hall–Kier alpha value is -1.62. The summed E-state index contributed by atoms with van der Waals surface area (Å²) in [4.78, 5) is 14.4. The van der Waals surface area contributed by atoms with Crippen LogP contribution in [0.4, 0.5) is 10.1 Å². The van der Waals surface area contributed by atoms with Crippen molar-refractivity contribution in [2.24, 2.45) is 0 Å². The van der Waals surface area contributed by atoms with E-state index in [0.29, 0.717) is 12.2 Å². The standard InChI is InChI=1S/C12H17FN2O2/c1-14(2)6-7-15(3)11-5-4-9(12(16)17)8-10(11)13/h4-5,8H,6-7H2,1-3H3,(H,16,17). The molecule has 0 saturated heterocycles. The Morgan fingerprint density at radius 2 is 1.94 bits per heavy atom. The van der Waals surface area contributed by atoms with Crippen LogP contribution in [0.1, 0.15) is 10.4 Å². The number of benzene rings is 1. The molecule has 5 heteroatoms. The van der Waals surface area contributed by atoms with Gasteiger partial charge < -0.3 is 14.9 Å². The van der Waals surface area contributed by atoms with Crippen LogP contribution in [0.15, 0.2) is 18.2 Å². The average Bonchev–Trinajstić information content (AvgIpc) is 2.25. The van der Waals surface area contributed by atoms with Gasteiger partial charge in [-0.1, -0.05) is 0 Å². The van der Waals surface area contributed by atoms with Crippen LogP contribution >= 0.6 is 0 Å². The number of hydrogen-bond donors (Lipinski definition) is 1. The molecule has 1 aromatic carbocycles. The van der Waals surface area contributed by atoms with Gasteiger partial charge in [-0.05, 0) is 32.3 Å². The third-order valence-electron chi connectivity index (χ3n) is 2.49. The highest BCUT2D eigenvalue weighted by atomic mass is 19.1. The van der Waals surface area contributed by atoms with E-state index in [1.165, 1.54) is 12.1 Å². The molecule has 0 unspecified atom stereocenters. The van der Waals surface area contributed by atoms with Gasteiger partial charge in [0.2, 0.25) is 0 Å². The van der Waals surface area contributed by atoms with Crippen LogP contribution in [0.25, 0.3) is 0 Å². The molecular formula is C12H17FN2O2. The number of hydrogen-bond acceptors (Lipinski definition) is 3. The molecule has 0 aliphatic heterocycles. The van der Waals surface area contributed by atoms with Gasteiger partial charge in [-0.2, -0.15) is 0 Å². The molecule has 1 rings (SSSR count). The first-order valence-electron chi connectivity index (χ1n) is 5.30. The van der Waals surface area contributed by atoms with E-state index in [2.05, 4.69) is 0 Å². The zero-order valence-corrected chi connectivity index (χ0v) is 10.3. The number of halogens is 1. The van der Waals surface area contributed by atoms with Gasteiger partial charge in [0, 0.05) is 20.1 Å². The summed E-state index contributed by atoms with van der Waals surface area (Å²) in [6, 6.07) is 3.95. The normalized spacial score (nSPS) is 10.6. The maximum atomic E-state index is 13.7. The Morgan fingerprint density at radius 1 is 1.29 bits per heavy atom. The van der Waals surface area contributed by atoms with Crippen molar-refractivity contribution in [1.82, 2.24) is 4.90 Å². The Bertz CT molecular complexity index is 407. The average molecular weight is 240 g/mol. The highest BCUT2D eigenvalue weighted by molar-refractivity contribution is 5.88. The van der Waals surface area contributed by atoms with E-state index in [9.17, 15) is 9.18 Å². The predicted octanol–water partition coefficient (Wildman–Crippen LogP) is 1.52. The van der Waals surface area contributed by atoms with E-state index in [-0.39, 0.29) is 5.56 Å². The van der Waals surface area contributed by atoms with Crippen LogP contribution in [0.5, 0.6) is 0 Å². The van der Waals surface area contributed by atoms with E-state index in [0.717, 1.165) is 12.6 Å². The smallest absolute Gasteiger partial charge is 0.335 e. The van der Waals surface area contributed by atoms with Gasteiger partial charge in [-0.15, -0.1) is 0 Å². The van der Waals surface area contributed by atoms with E-state index < -0.39 is 11.8 Å². The second kappa shape index (κ2) is 5.63. The molecule has 0 aliphatic rings. The van der Waals surface area contributed by atoms with Crippen molar-refractivity contribution in [3.63, 3.8) is 0 Å². The lowest BCUT2D eigenvalue weighted by Crippen LogP contribution is -2.29. The fourth-order valence-electron chi connectivity index (χ4n) is 1.42. The first-order valence-corrected chi connectivity index (χ1v) is 5.30. The third kappa shape index (κ3) is 3.71. The molecule has 17 heavy (non-hydrogen) atoms. The lowest BCUT2D eigenvalue weighted by Gasteiger charge is -2.22. The minimum atomic E-state index is -1.12. The maximum absolute atomic E-state index is 13.7. The van der Waals surface area contributed by atoms with Crippen LogP contribution < -0.4 is 4.90 Å². The van der Waals surface area contributed by atoms with Gasteiger partial charge in [-0.3, -0.25) is 0 Å². The number of carbonyl (C=O) groups is 1. The monoisotopic (exact) mass is 240 g/mol. The van der Waals surface area contributed by atoms with Crippen LogP contribution in [0, 0.1) is 5.82 Å². The molecule has 0 saturated carbocycles. The molecule has 0 aromatic heterocycles. The van der Waals surface area contributed by atoms with E-state index >= 15 is 0 Å². The lowest BCUT2D eigenvalue weighted by molar-refractivity contribution is 0.0696. The van der Waals surface area contributed by atoms with Gasteiger partial charge in [0.05, 0.1) is 11.3 Å². The third-order valence-corrected chi connectivity index (χ3v) is 2.49. The molecule has 0 bridgehead atoms. The molecule has 0 amide bonds. The number of likely N-dealkylation sites (N-methyl/N-ethyl adjacent to an activating group) is 2. The minimum absolute atomic E-state index is 0.0349. The summed E-state index contributed by atoms with van der Waals surface area (Å²) in [5.74, 6) is -1.63. The van der Waals surface area contributed by atoms with Crippen molar-refractivity contribution < 1.29 is 14.3 Å². The molecule has 4 nitrogen and oxygen atoms in total. The Morgan fingerprint density at radius 3 is 2.41 bits per heavy atom. The first kappa shape index (κ1) is 13.4. The lowest BCUT2D eigenvalue weighted by atomic mass is 10.2. The molecule has 94 valence electrons. The summed E-state index contributed by atoms with van der Waals surface area (Å²) in [7, 11) is 5.66. The number of rotatable bonds is 5. The predicted molar refractivity (Wildman–Crippen MR) is 65.2 cm³/mol. The number of aromatic carboxylic acids is 1. The first-order chi connectivity index (χ1) is 7.91. The number of nitrogens with zero attached hydrogens (tertiary/aromatic N) is 2. The molecule has 0 heterocycles. The van der Waals surface area contributed by atoms with Crippen molar-refractivity contribution in [2.45, 2.75) is 0 Å². The van der Waals surface area contributed by atoms with Crippen molar-refractivity contribution in [2.75, 3.05) is 39.1 Å². The molecule has 0 fully saturated rings. The second-order valence-electron chi connectivity index (χ2n) is 4.20. The van der Waals surface area contributed by atoms with Gasteiger partial charge in [0.1, 0.15) is 5.82 Å². The number of anilines is 1. The maximum Gasteiger partial charge on any atom is 0.335 e. The summed E-state index contributed by atoms with van der Waals surface area (Å²) in [5, 5.41) is 8.73. The molecule has 0 spiro atoms. The number of carboxylic acid groups (broad SMARTS) is 1. The highest BCUT2D eigenvalue weighted by Crippen LogP contribution is 2.19. The molecule has 1 N–H and O–H groups in total. The van der Waals surface area contributed by atoms with Gasteiger partial charge in [-0.25, -0.2) is 9.18 Å². The van der Waals surface area contributed by atoms with Crippen LogP contribution in [0.2, 0.25) is 0 Å². The largest absolute Gasteiger partial charge is 0.478 e. The summed E-state index contributed by atoms with van der Waals surface area (Å²) >= 11 is 0. The van der Waals surface area contributed by atoms with Gasteiger partial charge >= 0.3 is 5.97 Å². The van der Waals surface area contributed by atoms with E-state index in [4.69, 9.17) is 5.11 Å². The molecule has 0 atom stereocenters. The summed E-state index contributed by atoms with van der Waals surface area (Å²) < 4.78 is 13.7. The molecule has 0 aliphatic carbocycles. The Balaban J connectivity index is 2.81. The van der Waals surface area contributed by atoms with Crippen LogP contribution in [0.3, 0.4) is 0 Å². The SMILES string of the molecule is CN(C)CCN(C)c1ccc(C(=O)O)cc1F. The summed E-state index contributed by atoms with van der Waals surface area (Å²) in [6.07, 6.45) is 0. The highest BCUT2D eigenvalue weighted by Gasteiger charge is 2.11.